The Balaban J connectivity index is 2.08. The molecular formula is C14H18F2N4O2. The summed E-state index contributed by atoms with van der Waals surface area (Å²) in [4.78, 5) is 15.7. The summed E-state index contributed by atoms with van der Waals surface area (Å²) in [6, 6.07) is 2.95. The first-order chi connectivity index (χ1) is 10.4. The molecule has 1 aliphatic heterocycles. The number of ether oxygens (including phenoxy) is 1. The van der Waals surface area contributed by atoms with E-state index in [9.17, 15) is 13.6 Å². The van der Waals surface area contributed by atoms with Crippen LogP contribution in [0.15, 0.2) is 23.2 Å². The number of aliphatic imine (C=N–C) groups is 1. The predicted octanol–water partition coefficient (Wildman–Crippen LogP) is 0.973. The molecule has 0 bridgehead atoms. The molecule has 8 heteroatoms. The van der Waals surface area contributed by atoms with E-state index in [0.29, 0.717) is 26.1 Å². The van der Waals surface area contributed by atoms with Crippen LogP contribution in [0.1, 0.15) is 12.8 Å². The largest absolute Gasteiger partial charge is 0.381 e. The number of carbonyl (C=O) groups is 1. The average molecular weight is 312 g/mol. The summed E-state index contributed by atoms with van der Waals surface area (Å²) in [5, 5.41) is 2.48. The molecule has 1 heterocycles. The van der Waals surface area contributed by atoms with Crippen molar-refractivity contribution in [3.05, 3.63) is 29.8 Å². The zero-order valence-corrected chi connectivity index (χ0v) is 11.9. The Labute approximate surface area is 126 Å². The van der Waals surface area contributed by atoms with Gasteiger partial charge < -0.3 is 21.5 Å². The molecule has 0 aromatic heterocycles. The Hall–Kier alpha value is -2.22. The SMILES string of the molecule is NC(=O)C1(CN=C(N)Nc2cc(F)ccc2F)CCOCC1. The Morgan fingerprint density at radius 3 is 2.64 bits per heavy atom. The molecule has 0 spiro atoms. The summed E-state index contributed by atoms with van der Waals surface area (Å²) in [7, 11) is 0. The van der Waals surface area contributed by atoms with E-state index in [4.69, 9.17) is 16.2 Å². The summed E-state index contributed by atoms with van der Waals surface area (Å²) in [6.07, 6.45) is 0.904. The first kappa shape index (κ1) is 16.2. The number of nitrogens with zero attached hydrogens (tertiary/aromatic N) is 1. The minimum absolute atomic E-state index is 0.0709. The number of nitrogens with two attached hydrogens (primary N) is 2. The van der Waals surface area contributed by atoms with Gasteiger partial charge >= 0.3 is 0 Å². The number of nitrogens with one attached hydrogen (secondary N) is 1. The van der Waals surface area contributed by atoms with Crippen molar-refractivity contribution in [2.45, 2.75) is 12.8 Å². The van der Waals surface area contributed by atoms with Gasteiger partial charge in [-0.2, -0.15) is 0 Å². The van der Waals surface area contributed by atoms with Gasteiger partial charge in [-0.05, 0) is 25.0 Å². The molecule has 1 saturated heterocycles. The highest BCUT2D eigenvalue weighted by Gasteiger charge is 2.38. The lowest BCUT2D eigenvalue weighted by Gasteiger charge is -2.32. The van der Waals surface area contributed by atoms with Crippen LogP contribution in [0.4, 0.5) is 14.5 Å². The van der Waals surface area contributed by atoms with E-state index in [0.717, 1.165) is 18.2 Å². The maximum absolute atomic E-state index is 13.5. The predicted molar refractivity (Wildman–Crippen MR) is 78.2 cm³/mol. The Bertz CT molecular complexity index is 586. The lowest BCUT2D eigenvalue weighted by molar-refractivity contribution is -0.132. The van der Waals surface area contributed by atoms with Gasteiger partial charge in [-0.15, -0.1) is 0 Å². The van der Waals surface area contributed by atoms with E-state index < -0.39 is 23.0 Å². The van der Waals surface area contributed by atoms with Crippen LogP contribution in [0.25, 0.3) is 0 Å². The van der Waals surface area contributed by atoms with Crippen molar-refractivity contribution in [2.24, 2.45) is 21.9 Å². The van der Waals surface area contributed by atoms with Crippen molar-refractivity contribution in [3.8, 4) is 0 Å². The lowest BCUT2D eigenvalue weighted by Crippen LogP contribution is -2.44. The van der Waals surface area contributed by atoms with E-state index in [2.05, 4.69) is 10.3 Å². The van der Waals surface area contributed by atoms with Crippen LogP contribution in [-0.4, -0.2) is 31.6 Å². The van der Waals surface area contributed by atoms with Gasteiger partial charge in [0.25, 0.3) is 0 Å². The third-order valence-electron chi connectivity index (χ3n) is 3.72. The third kappa shape index (κ3) is 3.70. The first-order valence-electron chi connectivity index (χ1n) is 6.83. The van der Waals surface area contributed by atoms with Gasteiger partial charge in [0, 0.05) is 19.3 Å². The normalized spacial score (nSPS) is 18.0. The molecule has 1 aromatic carbocycles. The number of anilines is 1. The zero-order chi connectivity index (χ0) is 16.2. The number of hydrogen-bond acceptors (Lipinski definition) is 3. The van der Waals surface area contributed by atoms with Crippen molar-refractivity contribution in [2.75, 3.05) is 25.1 Å². The van der Waals surface area contributed by atoms with Gasteiger partial charge in [0.1, 0.15) is 11.6 Å². The molecule has 22 heavy (non-hydrogen) atoms. The number of halogens is 2. The third-order valence-corrected chi connectivity index (χ3v) is 3.72. The number of carbonyl (C=O) groups excluding carboxylic acids is 1. The number of benzene rings is 1. The monoisotopic (exact) mass is 312 g/mol. The molecule has 120 valence electrons. The van der Waals surface area contributed by atoms with Crippen molar-refractivity contribution in [1.29, 1.82) is 0 Å². The number of guanidine groups is 1. The molecule has 1 fully saturated rings. The van der Waals surface area contributed by atoms with Crippen LogP contribution >= 0.6 is 0 Å². The average Bonchev–Trinajstić information content (AvgIpc) is 2.50. The first-order valence-corrected chi connectivity index (χ1v) is 6.83. The molecule has 6 nitrogen and oxygen atoms in total. The van der Waals surface area contributed by atoms with Gasteiger partial charge in [0.15, 0.2) is 5.96 Å². The van der Waals surface area contributed by atoms with Gasteiger partial charge in [-0.25, -0.2) is 8.78 Å². The highest BCUT2D eigenvalue weighted by Crippen LogP contribution is 2.30. The summed E-state index contributed by atoms with van der Waals surface area (Å²) >= 11 is 0. The van der Waals surface area contributed by atoms with Crippen LogP contribution < -0.4 is 16.8 Å². The standard InChI is InChI=1S/C14H18F2N4O2/c15-9-1-2-10(16)11(7-9)20-13(18)19-8-14(12(17)21)3-5-22-6-4-14/h1-2,7H,3-6,8H2,(H2,17,21)(H3,18,19,20). The Kier molecular flexibility index (Phi) is 4.92. The van der Waals surface area contributed by atoms with Crippen LogP contribution in [0.5, 0.6) is 0 Å². The molecule has 1 aromatic rings. The fourth-order valence-corrected chi connectivity index (χ4v) is 2.25. The van der Waals surface area contributed by atoms with E-state index >= 15 is 0 Å². The van der Waals surface area contributed by atoms with E-state index in [1.165, 1.54) is 0 Å². The molecule has 0 saturated carbocycles. The molecule has 0 atom stereocenters. The van der Waals surface area contributed by atoms with E-state index in [1.54, 1.807) is 0 Å². The molecule has 5 N–H and O–H groups in total. The fraction of sp³-hybridized carbons (Fsp3) is 0.429. The zero-order valence-electron chi connectivity index (χ0n) is 11.9. The second-order valence-electron chi connectivity index (χ2n) is 5.21. The second kappa shape index (κ2) is 6.69. The molecule has 1 aliphatic rings. The van der Waals surface area contributed by atoms with Crippen molar-refractivity contribution >= 4 is 17.6 Å². The van der Waals surface area contributed by atoms with Gasteiger partial charge in [-0.1, -0.05) is 0 Å². The number of rotatable bonds is 4. The maximum Gasteiger partial charge on any atom is 0.225 e. The van der Waals surface area contributed by atoms with Crippen molar-refractivity contribution in [3.63, 3.8) is 0 Å². The molecule has 0 unspecified atom stereocenters. The van der Waals surface area contributed by atoms with Gasteiger partial charge in [0.05, 0.1) is 17.6 Å². The summed E-state index contributed by atoms with van der Waals surface area (Å²) in [5.41, 5.74) is 10.2. The summed E-state index contributed by atoms with van der Waals surface area (Å²) in [5.74, 6) is -1.84. The number of hydrogen-bond donors (Lipinski definition) is 3. The smallest absolute Gasteiger partial charge is 0.225 e. The van der Waals surface area contributed by atoms with Crippen molar-refractivity contribution < 1.29 is 18.3 Å². The topological polar surface area (TPSA) is 103 Å². The van der Waals surface area contributed by atoms with Crippen molar-refractivity contribution in [1.82, 2.24) is 0 Å². The number of amides is 1. The fourth-order valence-electron chi connectivity index (χ4n) is 2.25. The van der Waals surface area contributed by atoms with Gasteiger partial charge in [-0.3, -0.25) is 9.79 Å². The van der Waals surface area contributed by atoms with Crippen LogP contribution in [-0.2, 0) is 9.53 Å². The van der Waals surface area contributed by atoms with E-state index in [-0.39, 0.29) is 18.2 Å². The summed E-state index contributed by atoms with van der Waals surface area (Å²) < 4.78 is 31.8. The van der Waals surface area contributed by atoms with Gasteiger partial charge in [0.2, 0.25) is 5.91 Å². The minimum atomic E-state index is -0.814. The highest BCUT2D eigenvalue weighted by atomic mass is 19.1. The molecule has 1 amide bonds. The quantitative estimate of drug-likeness (QED) is 0.569. The molecule has 0 radical (unpaired) electrons. The maximum atomic E-state index is 13.5. The minimum Gasteiger partial charge on any atom is -0.381 e. The van der Waals surface area contributed by atoms with Crippen LogP contribution in [0.2, 0.25) is 0 Å². The van der Waals surface area contributed by atoms with E-state index in [1.807, 2.05) is 0 Å². The second-order valence-corrected chi connectivity index (χ2v) is 5.21. The Morgan fingerprint density at radius 1 is 1.32 bits per heavy atom. The molecular weight excluding hydrogens is 294 g/mol. The molecule has 2 rings (SSSR count). The Morgan fingerprint density at radius 2 is 2.00 bits per heavy atom. The van der Waals surface area contributed by atoms with Crippen LogP contribution in [0, 0.1) is 17.0 Å². The lowest BCUT2D eigenvalue weighted by atomic mass is 9.79. The number of primary amides is 1. The summed E-state index contributed by atoms with van der Waals surface area (Å²) in [6.45, 7) is 0.913. The molecule has 0 aliphatic carbocycles. The highest BCUT2D eigenvalue weighted by molar-refractivity contribution is 5.92. The van der Waals surface area contributed by atoms with Crippen LogP contribution in [0.3, 0.4) is 0 Å².